The molecule has 8 heteroatoms. The number of anilines is 1. The van der Waals surface area contributed by atoms with Crippen LogP contribution in [0.3, 0.4) is 0 Å². The van der Waals surface area contributed by atoms with E-state index in [-0.39, 0.29) is 0 Å². The van der Waals surface area contributed by atoms with Gasteiger partial charge in [0.1, 0.15) is 0 Å². The van der Waals surface area contributed by atoms with Crippen molar-refractivity contribution in [3.63, 3.8) is 0 Å². The van der Waals surface area contributed by atoms with E-state index in [0.717, 1.165) is 18.4 Å². The zero-order valence-corrected chi connectivity index (χ0v) is 17.5. The summed E-state index contributed by atoms with van der Waals surface area (Å²) in [5, 5.41) is 4.29. The highest BCUT2D eigenvalue weighted by Gasteiger charge is 2.17. The van der Waals surface area contributed by atoms with E-state index in [9.17, 15) is 9.59 Å². The van der Waals surface area contributed by atoms with Crippen LogP contribution in [-0.2, 0) is 20.0 Å². The van der Waals surface area contributed by atoms with Gasteiger partial charge in [-0.25, -0.2) is 10.2 Å². The van der Waals surface area contributed by atoms with Crippen molar-refractivity contribution in [2.24, 2.45) is 12.1 Å². The fourth-order valence-electron chi connectivity index (χ4n) is 3.44. The van der Waals surface area contributed by atoms with Crippen molar-refractivity contribution in [1.29, 1.82) is 0 Å². The molecule has 8 nitrogen and oxygen atoms in total. The third kappa shape index (κ3) is 4.48. The maximum Gasteiger partial charge on any atom is 0.329 e. The minimum atomic E-state index is -0.499. The number of rotatable bonds is 7. The Bertz CT molecular complexity index is 1330. The molecule has 158 valence electrons. The maximum absolute atomic E-state index is 12.6. The summed E-state index contributed by atoms with van der Waals surface area (Å²) < 4.78 is 3.11. The predicted octanol–water partition coefficient (Wildman–Crippen LogP) is 2.81. The van der Waals surface area contributed by atoms with Crippen molar-refractivity contribution in [3.05, 3.63) is 92.1 Å². The van der Waals surface area contributed by atoms with Gasteiger partial charge in [-0.15, -0.1) is 0 Å². The second-order valence-electron chi connectivity index (χ2n) is 7.45. The van der Waals surface area contributed by atoms with Gasteiger partial charge in [-0.1, -0.05) is 60.2 Å². The van der Waals surface area contributed by atoms with Crippen molar-refractivity contribution in [2.75, 3.05) is 5.43 Å². The third-order valence-electron chi connectivity index (χ3n) is 5.15. The molecule has 0 aliphatic rings. The molecule has 0 unspecified atom stereocenters. The second kappa shape index (κ2) is 8.83. The van der Waals surface area contributed by atoms with Crippen molar-refractivity contribution in [2.45, 2.75) is 26.3 Å². The van der Waals surface area contributed by atoms with Crippen LogP contribution in [0.1, 0.15) is 23.1 Å². The Morgan fingerprint density at radius 2 is 1.84 bits per heavy atom. The van der Waals surface area contributed by atoms with Gasteiger partial charge in [-0.05, 0) is 30.9 Å². The molecule has 0 amide bonds. The van der Waals surface area contributed by atoms with Crippen LogP contribution in [0.15, 0.2) is 69.3 Å². The first-order valence-electron chi connectivity index (χ1n) is 10.1. The third-order valence-corrected chi connectivity index (χ3v) is 5.15. The van der Waals surface area contributed by atoms with Crippen LogP contribution >= 0.6 is 0 Å². The summed E-state index contributed by atoms with van der Waals surface area (Å²) in [5.41, 5.74) is 5.99. The van der Waals surface area contributed by atoms with Gasteiger partial charge in [-0.3, -0.25) is 14.3 Å². The minimum absolute atomic E-state index is 0.321. The molecular weight excluding hydrogens is 392 g/mol. The Morgan fingerprint density at radius 3 is 2.58 bits per heavy atom. The van der Waals surface area contributed by atoms with Gasteiger partial charge in [0.2, 0.25) is 5.95 Å². The molecule has 2 aromatic heterocycles. The Kier molecular flexibility index (Phi) is 5.79. The van der Waals surface area contributed by atoms with E-state index in [1.165, 1.54) is 15.7 Å². The van der Waals surface area contributed by atoms with Gasteiger partial charge in [0.15, 0.2) is 11.2 Å². The number of aromatic nitrogens is 4. The molecule has 0 spiro atoms. The van der Waals surface area contributed by atoms with E-state index >= 15 is 0 Å². The van der Waals surface area contributed by atoms with Crippen molar-refractivity contribution < 1.29 is 0 Å². The van der Waals surface area contributed by atoms with E-state index < -0.39 is 11.2 Å². The SMILES string of the molecule is Cc1ccc(C=NNc2nc3c(c(=O)[nH]c(=O)n3C)n2CCCc2ccccc2)cc1. The summed E-state index contributed by atoms with van der Waals surface area (Å²) in [5.74, 6) is 0.415. The van der Waals surface area contributed by atoms with E-state index in [1.807, 2.05) is 49.4 Å². The summed E-state index contributed by atoms with van der Waals surface area (Å²) >= 11 is 0. The Morgan fingerprint density at radius 1 is 1.10 bits per heavy atom. The van der Waals surface area contributed by atoms with Crippen molar-refractivity contribution >= 4 is 23.3 Å². The average molecular weight is 416 g/mol. The van der Waals surface area contributed by atoms with E-state index in [1.54, 1.807) is 17.8 Å². The predicted molar refractivity (Wildman–Crippen MR) is 123 cm³/mol. The van der Waals surface area contributed by atoms with E-state index in [4.69, 9.17) is 0 Å². The summed E-state index contributed by atoms with van der Waals surface area (Å²) in [6.45, 7) is 2.58. The molecule has 2 aromatic carbocycles. The molecule has 0 atom stereocenters. The number of aromatic amines is 1. The molecule has 0 radical (unpaired) electrons. The molecule has 0 aliphatic carbocycles. The lowest BCUT2D eigenvalue weighted by Gasteiger charge is -2.08. The van der Waals surface area contributed by atoms with Crippen LogP contribution in [0.2, 0.25) is 0 Å². The van der Waals surface area contributed by atoms with Gasteiger partial charge in [0, 0.05) is 13.6 Å². The first-order chi connectivity index (χ1) is 15.0. The summed E-state index contributed by atoms with van der Waals surface area (Å²) in [6, 6.07) is 18.1. The maximum atomic E-state index is 12.6. The number of hydrazone groups is 1. The summed E-state index contributed by atoms with van der Waals surface area (Å²) in [6.07, 6.45) is 3.35. The van der Waals surface area contributed by atoms with Gasteiger partial charge < -0.3 is 4.57 Å². The highest BCUT2D eigenvalue weighted by Crippen LogP contribution is 2.17. The molecular formula is C23H24N6O2. The quantitative estimate of drug-likeness (QED) is 0.358. The molecule has 2 N–H and O–H groups in total. The van der Waals surface area contributed by atoms with Crippen molar-refractivity contribution in [1.82, 2.24) is 19.1 Å². The lowest BCUT2D eigenvalue weighted by atomic mass is 10.1. The smallest absolute Gasteiger partial charge is 0.303 e. The van der Waals surface area contributed by atoms with Gasteiger partial charge >= 0.3 is 5.69 Å². The first-order valence-corrected chi connectivity index (χ1v) is 10.1. The molecule has 0 saturated carbocycles. The molecule has 2 heterocycles. The molecule has 0 fully saturated rings. The van der Waals surface area contributed by atoms with Gasteiger partial charge in [0.25, 0.3) is 5.56 Å². The van der Waals surface area contributed by atoms with Gasteiger partial charge in [-0.2, -0.15) is 10.1 Å². The zero-order chi connectivity index (χ0) is 21.8. The van der Waals surface area contributed by atoms with Crippen LogP contribution < -0.4 is 16.7 Å². The number of nitrogens with zero attached hydrogens (tertiary/aromatic N) is 4. The van der Waals surface area contributed by atoms with Crippen LogP contribution in [0.5, 0.6) is 0 Å². The van der Waals surface area contributed by atoms with Gasteiger partial charge in [0.05, 0.1) is 6.21 Å². The average Bonchev–Trinajstić information content (AvgIpc) is 3.13. The van der Waals surface area contributed by atoms with Crippen LogP contribution in [0.4, 0.5) is 5.95 Å². The fourth-order valence-corrected chi connectivity index (χ4v) is 3.44. The molecule has 0 bridgehead atoms. The molecule has 4 rings (SSSR count). The summed E-state index contributed by atoms with van der Waals surface area (Å²) in [4.78, 5) is 31.4. The number of hydrogen-bond acceptors (Lipinski definition) is 5. The van der Waals surface area contributed by atoms with Crippen molar-refractivity contribution in [3.8, 4) is 0 Å². The molecule has 31 heavy (non-hydrogen) atoms. The summed E-state index contributed by atoms with van der Waals surface area (Å²) in [7, 11) is 1.58. The number of H-pyrrole nitrogens is 1. The van der Waals surface area contributed by atoms with Crippen LogP contribution in [0, 0.1) is 6.92 Å². The highest BCUT2D eigenvalue weighted by atomic mass is 16.2. The lowest BCUT2D eigenvalue weighted by molar-refractivity contribution is 0.659. The standard InChI is InChI=1S/C23H24N6O2/c1-16-10-12-18(13-11-16)15-24-27-22-25-20-19(21(30)26-23(31)28(20)2)29(22)14-6-9-17-7-4-3-5-8-17/h3-5,7-8,10-13,15H,6,9,14H2,1-2H3,(H,25,27)(H,26,30,31). The number of imidazole rings is 1. The normalized spacial score (nSPS) is 11.4. The topological polar surface area (TPSA) is 97.1 Å². The van der Waals surface area contributed by atoms with E-state index in [0.29, 0.717) is 23.7 Å². The number of aryl methyl sites for hydroxylation is 4. The zero-order valence-electron chi connectivity index (χ0n) is 17.5. The number of hydrogen-bond donors (Lipinski definition) is 2. The molecule has 0 saturated heterocycles. The van der Waals surface area contributed by atoms with E-state index in [2.05, 4.69) is 32.6 Å². The number of benzene rings is 2. The fraction of sp³-hybridized carbons (Fsp3) is 0.217. The largest absolute Gasteiger partial charge is 0.329 e. The Balaban J connectivity index is 1.64. The number of nitrogens with one attached hydrogen (secondary N) is 2. The Labute approximate surface area is 178 Å². The lowest BCUT2D eigenvalue weighted by Crippen LogP contribution is -2.29. The first kappa shape index (κ1) is 20.3. The molecule has 4 aromatic rings. The van der Waals surface area contributed by atoms with Crippen LogP contribution in [-0.4, -0.2) is 25.3 Å². The van der Waals surface area contributed by atoms with Crippen LogP contribution in [0.25, 0.3) is 11.2 Å². The second-order valence-corrected chi connectivity index (χ2v) is 7.45. The number of fused-ring (bicyclic) bond motifs is 1. The molecule has 0 aliphatic heterocycles. The monoisotopic (exact) mass is 416 g/mol. The highest BCUT2D eigenvalue weighted by molar-refractivity contribution is 5.80. The minimum Gasteiger partial charge on any atom is -0.303 e. The Hall–Kier alpha value is -3.94.